The van der Waals surface area contributed by atoms with Gasteiger partial charge in [0.2, 0.25) is 0 Å². The number of amides is 2. The lowest BCUT2D eigenvalue weighted by Gasteiger charge is -2.12. The predicted molar refractivity (Wildman–Crippen MR) is 143 cm³/mol. The fourth-order valence-electron chi connectivity index (χ4n) is 3.99. The standard InChI is InChI=1S/C28H27N3O4S/c1-6-35-28(34)23-17(3)24(27(33)31(4)5)36-26(23)30-25(32)20-15-22(18-12-8-7-11-16(18)2)29-21-14-10-9-13-19(20)21/h7-15H,6H2,1-5H3,(H,30,32). The number of aryl methyl sites for hydroxylation is 1. The molecule has 0 atom stereocenters. The van der Waals surface area contributed by atoms with Crippen molar-refractivity contribution in [2.75, 3.05) is 26.0 Å². The zero-order valence-electron chi connectivity index (χ0n) is 20.8. The Morgan fingerprint density at radius 1 is 1.03 bits per heavy atom. The van der Waals surface area contributed by atoms with Crippen LogP contribution in [0, 0.1) is 13.8 Å². The predicted octanol–water partition coefficient (Wildman–Crippen LogP) is 5.71. The summed E-state index contributed by atoms with van der Waals surface area (Å²) in [5.74, 6) is -1.24. The van der Waals surface area contributed by atoms with Crippen molar-refractivity contribution in [3.63, 3.8) is 0 Å². The number of esters is 1. The van der Waals surface area contributed by atoms with Gasteiger partial charge in [0.1, 0.15) is 5.00 Å². The van der Waals surface area contributed by atoms with Crippen LogP contribution in [0.25, 0.3) is 22.2 Å². The van der Waals surface area contributed by atoms with E-state index in [1.807, 2.05) is 55.5 Å². The zero-order chi connectivity index (χ0) is 26.0. The average Bonchev–Trinajstić information content (AvgIpc) is 3.18. The molecule has 4 aromatic rings. The molecule has 0 unspecified atom stereocenters. The molecule has 0 aliphatic heterocycles. The van der Waals surface area contributed by atoms with Gasteiger partial charge in [-0.25, -0.2) is 9.78 Å². The molecule has 4 rings (SSSR count). The number of hydrogen-bond acceptors (Lipinski definition) is 6. The van der Waals surface area contributed by atoms with Crippen LogP contribution >= 0.6 is 11.3 Å². The number of nitrogens with zero attached hydrogens (tertiary/aromatic N) is 2. The SMILES string of the molecule is CCOC(=O)c1c(NC(=O)c2cc(-c3ccccc3C)nc3ccccc23)sc(C(=O)N(C)C)c1C. The van der Waals surface area contributed by atoms with E-state index in [-0.39, 0.29) is 23.1 Å². The van der Waals surface area contributed by atoms with Crippen LogP contribution in [0.1, 0.15) is 48.4 Å². The molecule has 2 heterocycles. The Kier molecular flexibility index (Phi) is 7.17. The van der Waals surface area contributed by atoms with E-state index in [1.54, 1.807) is 34.0 Å². The van der Waals surface area contributed by atoms with Crippen molar-refractivity contribution >= 4 is 45.0 Å². The number of hydrogen-bond donors (Lipinski definition) is 1. The third-order valence-corrected chi connectivity index (χ3v) is 7.03. The maximum Gasteiger partial charge on any atom is 0.341 e. The molecule has 0 fully saturated rings. The van der Waals surface area contributed by atoms with Crippen molar-refractivity contribution in [3.05, 3.63) is 81.7 Å². The van der Waals surface area contributed by atoms with Crippen LogP contribution in [0.2, 0.25) is 0 Å². The molecule has 0 saturated carbocycles. The molecule has 184 valence electrons. The molecular formula is C28H27N3O4S. The number of rotatable bonds is 6. The highest BCUT2D eigenvalue weighted by atomic mass is 32.1. The van der Waals surface area contributed by atoms with Crippen LogP contribution in [0.4, 0.5) is 5.00 Å². The van der Waals surface area contributed by atoms with E-state index >= 15 is 0 Å². The minimum Gasteiger partial charge on any atom is -0.462 e. The van der Waals surface area contributed by atoms with Crippen molar-refractivity contribution in [2.45, 2.75) is 20.8 Å². The smallest absolute Gasteiger partial charge is 0.341 e. The van der Waals surface area contributed by atoms with Gasteiger partial charge in [-0.2, -0.15) is 0 Å². The Morgan fingerprint density at radius 2 is 1.72 bits per heavy atom. The first-order valence-corrected chi connectivity index (χ1v) is 12.3. The maximum absolute atomic E-state index is 13.7. The summed E-state index contributed by atoms with van der Waals surface area (Å²) >= 11 is 1.07. The van der Waals surface area contributed by atoms with Crippen LogP contribution in [0.5, 0.6) is 0 Å². The molecule has 1 N–H and O–H groups in total. The van der Waals surface area contributed by atoms with Crippen molar-refractivity contribution in [2.24, 2.45) is 0 Å². The Labute approximate surface area is 213 Å². The third kappa shape index (κ3) is 4.72. The van der Waals surface area contributed by atoms with E-state index in [0.29, 0.717) is 32.6 Å². The first-order chi connectivity index (χ1) is 17.2. The highest BCUT2D eigenvalue weighted by Gasteiger charge is 2.28. The topological polar surface area (TPSA) is 88.6 Å². The first-order valence-electron chi connectivity index (χ1n) is 11.5. The molecule has 2 aromatic heterocycles. The van der Waals surface area contributed by atoms with Gasteiger partial charge in [-0.1, -0.05) is 42.5 Å². The molecule has 7 nitrogen and oxygen atoms in total. The summed E-state index contributed by atoms with van der Waals surface area (Å²) in [7, 11) is 3.28. The lowest BCUT2D eigenvalue weighted by atomic mass is 10.0. The summed E-state index contributed by atoms with van der Waals surface area (Å²) in [6, 6.07) is 17.0. The highest BCUT2D eigenvalue weighted by Crippen LogP contribution is 2.35. The molecular weight excluding hydrogens is 474 g/mol. The van der Waals surface area contributed by atoms with E-state index in [4.69, 9.17) is 9.72 Å². The van der Waals surface area contributed by atoms with Gasteiger partial charge in [0, 0.05) is 25.0 Å². The number of carbonyl (C=O) groups is 3. The quantitative estimate of drug-likeness (QED) is 0.342. The summed E-state index contributed by atoms with van der Waals surface area (Å²) in [6.45, 7) is 5.57. The normalized spacial score (nSPS) is 10.8. The zero-order valence-corrected chi connectivity index (χ0v) is 21.7. The van der Waals surface area contributed by atoms with Gasteiger partial charge in [-0.05, 0) is 44.0 Å². The molecule has 8 heteroatoms. The van der Waals surface area contributed by atoms with Gasteiger partial charge < -0.3 is 15.0 Å². The number of aromatic nitrogens is 1. The number of anilines is 1. The van der Waals surface area contributed by atoms with Gasteiger partial charge in [0.15, 0.2) is 0 Å². The Balaban J connectivity index is 1.83. The van der Waals surface area contributed by atoms with Crippen LogP contribution in [-0.2, 0) is 4.74 Å². The number of ether oxygens (including phenoxy) is 1. The van der Waals surface area contributed by atoms with Crippen LogP contribution in [-0.4, -0.2) is 48.4 Å². The molecule has 0 radical (unpaired) electrons. The van der Waals surface area contributed by atoms with E-state index < -0.39 is 11.9 Å². The molecule has 0 bridgehead atoms. The van der Waals surface area contributed by atoms with Gasteiger partial charge in [-0.3, -0.25) is 9.59 Å². The molecule has 0 aliphatic carbocycles. The number of nitrogens with one attached hydrogen (secondary N) is 1. The summed E-state index contributed by atoms with van der Waals surface area (Å²) in [6.07, 6.45) is 0. The molecule has 0 spiro atoms. The molecule has 2 aromatic carbocycles. The van der Waals surface area contributed by atoms with E-state index in [2.05, 4.69) is 5.32 Å². The van der Waals surface area contributed by atoms with E-state index in [9.17, 15) is 14.4 Å². The summed E-state index contributed by atoms with van der Waals surface area (Å²) in [5, 5.41) is 3.85. The Morgan fingerprint density at radius 3 is 2.42 bits per heavy atom. The lowest BCUT2D eigenvalue weighted by molar-refractivity contribution is 0.0527. The maximum atomic E-state index is 13.7. The largest absolute Gasteiger partial charge is 0.462 e. The average molecular weight is 502 g/mol. The number of pyridine rings is 1. The summed E-state index contributed by atoms with van der Waals surface area (Å²) in [5.41, 5.74) is 4.41. The van der Waals surface area contributed by atoms with E-state index in [0.717, 1.165) is 22.5 Å². The number of carbonyl (C=O) groups excluding carboxylic acids is 3. The van der Waals surface area contributed by atoms with Crippen molar-refractivity contribution in [1.82, 2.24) is 9.88 Å². The van der Waals surface area contributed by atoms with Crippen molar-refractivity contribution in [3.8, 4) is 11.3 Å². The summed E-state index contributed by atoms with van der Waals surface area (Å²) in [4.78, 5) is 45.8. The van der Waals surface area contributed by atoms with Gasteiger partial charge >= 0.3 is 5.97 Å². The van der Waals surface area contributed by atoms with Gasteiger partial charge in [0.25, 0.3) is 11.8 Å². The number of benzene rings is 2. The molecule has 0 aliphatic rings. The van der Waals surface area contributed by atoms with Crippen LogP contribution in [0.3, 0.4) is 0 Å². The molecule has 0 saturated heterocycles. The molecule has 36 heavy (non-hydrogen) atoms. The second-order valence-corrected chi connectivity index (χ2v) is 9.54. The number of thiophene rings is 1. The third-order valence-electron chi connectivity index (χ3n) is 5.84. The minimum atomic E-state index is -0.584. The number of fused-ring (bicyclic) bond motifs is 1. The van der Waals surface area contributed by atoms with Crippen molar-refractivity contribution in [1.29, 1.82) is 0 Å². The summed E-state index contributed by atoms with van der Waals surface area (Å²) < 4.78 is 5.23. The monoisotopic (exact) mass is 501 g/mol. The van der Waals surface area contributed by atoms with Gasteiger partial charge in [0.05, 0.1) is 33.8 Å². The fourth-order valence-corrected chi connectivity index (χ4v) is 5.20. The Bertz CT molecular complexity index is 1490. The second kappa shape index (κ2) is 10.3. The van der Waals surface area contributed by atoms with Crippen molar-refractivity contribution < 1.29 is 19.1 Å². The van der Waals surface area contributed by atoms with Crippen LogP contribution in [0.15, 0.2) is 54.6 Å². The Hall–Kier alpha value is -4.04. The molecule has 2 amide bonds. The first kappa shape index (κ1) is 25.1. The van der Waals surface area contributed by atoms with Gasteiger partial charge in [-0.15, -0.1) is 11.3 Å². The lowest BCUT2D eigenvalue weighted by Crippen LogP contribution is -2.21. The number of para-hydroxylation sites is 1. The fraction of sp³-hybridized carbons (Fsp3) is 0.214. The second-order valence-electron chi connectivity index (χ2n) is 8.52. The minimum absolute atomic E-state index is 0.174. The van der Waals surface area contributed by atoms with E-state index in [1.165, 1.54) is 4.90 Å². The highest BCUT2D eigenvalue weighted by molar-refractivity contribution is 7.18. The van der Waals surface area contributed by atoms with Crippen LogP contribution < -0.4 is 5.32 Å².